The number of hydrogen-bond acceptors (Lipinski definition) is 3. The molecule has 0 aromatic carbocycles. The number of hydrogen-bond donors (Lipinski definition) is 1. The van der Waals surface area contributed by atoms with Crippen LogP contribution in [0.5, 0.6) is 0 Å². The Bertz CT molecular complexity index is 347. The Morgan fingerprint density at radius 2 is 2.05 bits per heavy atom. The second-order valence-corrected chi connectivity index (χ2v) is 7.31. The molecule has 1 aliphatic heterocycles. The van der Waals surface area contributed by atoms with E-state index in [0.717, 1.165) is 44.1 Å². The summed E-state index contributed by atoms with van der Waals surface area (Å²) in [6.07, 6.45) is 8.33. The third-order valence-corrected chi connectivity index (χ3v) is 5.68. The van der Waals surface area contributed by atoms with Crippen molar-refractivity contribution in [3.63, 3.8) is 0 Å². The molecule has 0 aromatic rings. The number of nitrogens with two attached hydrogens (primary N) is 1. The molecular weight excluding hydrogens is 246 g/mol. The molecule has 1 saturated carbocycles. The van der Waals surface area contributed by atoms with E-state index in [1.54, 1.807) is 0 Å². The van der Waals surface area contributed by atoms with E-state index in [4.69, 9.17) is 5.73 Å². The molecule has 0 amide bonds. The van der Waals surface area contributed by atoms with Gasteiger partial charge in [-0.15, -0.1) is 0 Å². The predicted octanol–water partition coefficient (Wildman–Crippen LogP) is 3.16. The Hall–Kier alpha value is -0.590. The van der Waals surface area contributed by atoms with E-state index in [0.29, 0.717) is 5.92 Å². The SMILES string of the molecule is CC(C)C1CCCN(CCC2CCCC2(N)C#N)CC1. The van der Waals surface area contributed by atoms with Gasteiger partial charge in [0.1, 0.15) is 5.54 Å². The first kappa shape index (κ1) is 15.8. The maximum atomic E-state index is 9.28. The lowest BCUT2D eigenvalue weighted by Gasteiger charge is -2.27. The number of nitriles is 1. The summed E-state index contributed by atoms with van der Waals surface area (Å²) < 4.78 is 0. The van der Waals surface area contributed by atoms with Crippen molar-refractivity contribution in [2.75, 3.05) is 19.6 Å². The van der Waals surface area contributed by atoms with Crippen molar-refractivity contribution in [1.29, 1.82) is 5.26 Å². The van der Waals surface area contributed by atoms with Gasteiger partial charge in [-0.05, 0) is 75.9 Å². The highest BCUT2D eigenvalue weighted by atomic mass is 15.1. The molecule has 0 radical (unpaired) electrons. The minimum absolute atomic E-state index is 0.414. The van der Waals surface area contributed by atoms with E-state index in [1.807, 2.05) is 0 Å². The molecule has 1 heterocycles. The normalized spacial score (nSPS) is 36.0. The fourth-order valence-corrected chi connectivity index (χ4v) is 4.06. The minimum Gasteiger partial charge on any atom is -0.313 e. The van der Waals surface area contributed by atoms with E-state index in [2.05, 4.69) is 24.8 Å². The summed E-state index contributed by atoms with van der Waals surface area (Å²) in [6, 6.07) is 2.37. The highest BCUT2D eigenvalue weighted by Gasteiger charge is 2.39. The summed E-state index contributed by atoms with van der Waals surface area (Å²) in [7, 11) is 0. The molecule has 2 fully saturated rings. The van der Waals surface area contributed by atoms with Gasteiger partial charge < -0.3 is 10.6 Å². The van der Waals surface area contributed by atoms with Crippen LogP contribution in [-0.4, -0.2) is 30.1 Å². The van der Waals surface area contributed by atoms with Gasteiger partial charge in [0.2, 0.25) is 0 Å². The van der Waals surface area contributed by atoms with E-state index < -0.39 is 5.54 Å². The lowest BCUT2D eigenvalue weighted by Crippen LogP contribution is -2.43. The van der Waals surface area contributed by atoms with Crippen LogP contribution in [0.15, 0.2) is 0 Å². The fourth-order valence-electron chi connectivity index (χ4n) is 4.06. The highest BCUT2D eigenvalue weighted by molar-refractivity contribution is 5.11. The minimum atomic E-state index is -0.535. The van der Waals surface area contributed by atoms with Crippen molar-refractivity contribution in [2.24, 2.45) is 23.5 Å². The van der Waals surface area contributed by atoms with Gasteiger partial charge in [-0.25, -0.2) is 0 Å². The van der Waals surface area contributed by atoms with E-state index in [-0.39, 0.29) is 0 Å². The average molecular weight is 277 g/mol. The van der Waals surface area contributed by atoms with Crippen LogP contribution in [0.25, 0.3) is 0 Å². The standard InChI is InChI=1S/C17H31N3/c1-14(2)15-5-4-10-20(11-7-15)12-8-16-6-3-9-17(16,19)13-18/h14-16H,3-12,19H2,1-2H3. The zero-order valence-corrected chi connectivity index (χ0v) is 13.3. The summed E-state index contributed by atoms with van der Waals surface area (Å²) in [5.41, 5.74) is 5.70. The second-order valence-electron chi connectivity index (χ2n) is 7.31. The quantitative estimate of drug-likeness (QED) is 0.859. The zero-order chi connectivity index (χ0) is 14.6. The van der Waals surface area contributed by atoms with Crippen LogP contribution in [0.2, 0.25) is 0 Å². The van der Waals surface area contributed by atoms with Crippen LogP contribution in [-0.2, 0) is 0 Å². The summed E-state index contributed by atoms with van der Waals surface area (Å²) in [5, 5.41) is 9.28. The van der Waals surface area contributed by atoms with Crippen molar-refractivity contribution in [1.82, 2.24) is 4.90 Å². The van der Waals surface area contributed by atoms with Gasteiger partial charge in [-0.2, -0.15) is 5.26 Å². The molecule has 20 heavy (non-hydrogen) atoms. The summed E-state index contributed by atoms with van der Waals surface area (Å²) in [5.74, 6) is 2.14. The topological polar surface area (TPSA) is 53.0 Å². The van der Waals surface area contributed by atoms with Crippen molar-refractivity contribution < 1.29 is 0 Å². The van der Waals surface area contributed by atoms with Crippen LogP contribution in [0, 0.1) is 29.1 Å². The molecule has 3 nitrogen and oxygen atoms in total. The molecule has 1 aliphatic carbocycles. The maximum Gasteiger partial charge on any atom is 0.107 e. The second kappa shape index (κ2) is 6.91. The van der Waals surface area contributed by atoms with E-state index in [1.165, 1.54) is 32.4 Å². The lowest BCUT2D eigenvalue weighted by molar-refractivity contribution is 0.237. The Kier molecular flexibility index (Phi) is 5.46. The molecule has 0 bridgehead atoms. The molecular formula is C17H31N3. The molecule has 1 saturated heterocycles. The predicted molar refractivity (Wildman–Crippen MR) is 83.1 cm³/mol. The monoisotopic (exact) mass is 277 g/mol. The molecule has 0 spiro atoms. The molecule has 0 aromatic heterocycles. The maximum absolute atomic E-state index is 9.28. The van der Waals surface area contributed by atoms with Gasteiger partial charge in [0.25, 0.3) is 0 Å². The summed E-state index contributed by atoms with van der Waals surface area (Å²) in [4.78, 5) is 2.61. The molecule has 3 heteroatoms. The molecule has 2 rings (SSSR count). The lowest BCUT2D eigenvalue weighted by atomic mass is 9.87. The Morgan fingerprint density at radius 3 is 2.75 bits per heavy atom. The first-order chi connectivity index (χ1) is 9.55. The Morgan fingerprint density at radius 1 is 1.25 bits per heavy atom. The first-order valence-electron chi connectivity index (χ1n) is 8.47. The van der Waals surface area contributed by atoms with Gasteiger partial charge in [-0.1, -0.05) is 20.3 Å². The molecule has 114 valence electrons. The largest absolute Gasteiger partial charge is 0.313 e. The van der Waals surface area contributed by atoms with Crippen molar-refractivity contribution in [3.05, 3.63) is 0 Å². The van der Waals surface area contributed by atoms with Gasteiger partial charge in [0, 0.05) is 0 Å². The van der Waals surface area contributed by atoms with Crippen LogP contribution in [0.3, 0.4) is 0 Å². The summed E-state index contributed by atoms with van der Waals surface area (Å²) in [6.45, 7) is 8.32. The van der Waals surface area contributed by atoms with Crippen LogP contribution < -0.4 is 5.73 Å². The summed E-state index contributed by atoms with van der Waals surface area (Å²) >= 11 is 0. The average Bonchev–Trinajstić information content (AvgIpc) is 2.65. The van der Waals surface area contributed by atoms with Gasteiger partial charge in [-0.3, -0.25) is 0 Å². The van der Waals surface area contributed by atoms with Crippen molar-refractivity contribution >= 4 is 0 Å². The number of likely N-dealkylation sites (tertiary alicyclic amines) is 1. The van der Waals surface area contributed by atoms with Crippen LogP contribution >= 0.6 is 0 Å². The van der Waals surface area contributed by atoms with E-state index in [9.17, 15) is 5.26 Å². The van der Waals surface area contributed by atoms with Crippen LogP contribution in [0.4, 0.5) is 0 Å². The first-order valence-corrected chi connectivity index (χ1v) is 8.47. The fraction of sp³-hybridized carbons (Fsp3) is 0.941. The van der Waals surface area contributed by atoms with Crippen LogP contribution in [0.1, 0.15) is 58.8 Å². The van der Waals surface area contributed by atoms with Gasteiger partial charge in [0.15, 0.2) is 0 Å². The third-order valence-electron chi connectivity index (χ3n) is 5.68. The molecule has 3 atom stereocenters. The Labute approximate surface area is 124 Å². The number of rotatable bonds is 4. The molecule has 2 aliphatic rings. The van der Waals surface area contributed by atoms with E-state index >= 15 is 0 Å². The van der Waals surface area contributed by atoms with Gasteiger partial charge >= 0.3 is 0 Å². The van der Waals surface area contributed by atoms with Crippen molar-refractivity contribution in [3.8, 4) is 6.07 Å². The highest BCUT2D eigenvalue weighted by Crippen LogP contribution is 2.36. The van der Waals surface area contributed by atoms with Gasteiger partial charge in [0.05, 0.1) is 6.07 Å². The van der Waals surface area contributed by atoms with Crippen molar-refractivity contribution in [2.45, 2.75) is 64.3 Å². The smallest absolute Gasteiger partial charge is 0.107 e. The molecule has 3 unspecified atom stereocenters. The molecule has 2 N–H and O–H groups in total. The Balaban J connectivity index is 1.78. The third kappa shape index (κ3) is 3.74. The number of nitrogens with zero attached hydrogens (tertiary/aromatic N) is 2. The zero-order valence-electron chi connectivity index (χ0n) is 13.3.